The van der Waals surface area contributed by atoms with Gasteiger partial charge in [-0.2, -0.15) is 10.2 Å². The molecular weight excluding hydrogens is 465 g/mol. The number of nitrogens with one attached hydrogen (secondary N) is 2. The Hall–Kier alpha value is -4.08. The van der Waals surface area contributed by atoms with Crippen molar-refractivity contribution in [2.75, 3.05) is 10.6 Å². The molecule has 0 amide bonds. The summed E-state index contributed by atoms with van der Waals surface area (Å²) in [5, 5.41) is 26.7. The highest BCUT2D eigenvalue weighted by molar-refractivity contribution is 6.35. The van der Waals surface area contributed by atoms with E-state index in [2.05, 4.69) is 30.8 Å². The van der Waals surface area contributed by atoms with Crippen LogP contribution in [0.5, 0.6) is 0 Å². The summed E-state index contributed by atoms with van der Waals surface area (Å²) in [5.74, 6) is -0.0238. The number of azo groups is 1. The number of hydrogen-bond donors (Lipinski definition) is 2. The third-order valence-corrected chi connectivity index (χ3v) is 4.92. The van der Waals surface area contributed by atoms with Crippen LogP contribution in [0, 0.1) is 10.1 Å². The molecule has 4 rings (SSSR count). The van der Waals surface area contributed by atoms with E-state index in [1.165, 1.54) is 6.33 Å². The van der Waals surface area contributed by atoms with E-state index in [-0.39, 0.29) is 17.3 Å². The molecule has 0 saturated heterocycles. The molecule has 0 unspecified atom stereocenters. The van der Waals surface area contributed by atoms with Gasteiger partial charge in [-0.1, -0.05) is 41.4 Å². The first-order chi connectivity index (χ1) is 16.0. The number of nitro groups is 1. The smallest absolute Gasteiger partial charge is 0.334 e. The zero-order chi connectivity index (χ0) is 23.2. The predicted molar refractivity (Wildman–Crippen MR) is 129 cm³/mol. The molecule has 9 nitrogen and oxygen atoms in total. The van der Waals surface area contributed by atoms with Crippen LogP contribution in [-0.4, -0.2) is 14.9 Å². The molecule has 0 bridgehead atoms. The highest BCUT2D eigenvalue weighted by Gasteiger charge is 2.24. The molecule has 1 heterocycles. The Balaban J connectivity index is 1.56. The van der Waals surface area contributed by atoms with E-state index < -0.39 is 4.92 Å². The van der Waals surface area contributed by atoms with E-state index >= 15 is 0 Å². The van der Waals surface area contributed by atoms with Gasteiger partial charge < -0.3 is 10.6 Å². The van der Waals surface area contributed by atoms with Crippen molar-refractivity contribution in [1.82, 2.24) is 9.97 Å². The number of benzene rings is 3. The molecule has 11 heteroatoms. The van der Waals surface area contributed by atoms with Crippen molar-refractivity contribution in [3.05, 3.63) is 99.3 Å². The van der Waals surface area contributed by atoms with Gasteiger partial charge in [-0.05, 0) is 54.6 Å². The normalized spacial score (nSPS) is 10.8. The van der Waals surface area contributed by atoms with Crippen molar-refractivity contribution in [3.63, 3.8) is 0 Å². The van der Waals surface area contributed by atoms with Crippen LogP contribution in [0.15, 0.2) is 89.4 Å². The van der Waals surface area contributed by atoms with E-state index in [9.17, 15) is 10.1 Å². The van der Waals surface area contributed by atoms with Gasteiger partial charge in [-0.25, -0.2) is 9.97 Å². The minimum atomic E-state index is -0.578. The molecular formula is C22H15Cl2N7O2. The van der Waals surface area contributed by atoms with Crippen LogP contribution in [0.4, 0.5) is 40.1 Å². The van der Waals surface area contributed by atoms with Gasteiger partial charge in [0.1, 0.15) is 6.33 Å². The first-order valence-corrected chi connectivity index (χ1v) is 10.3. The van der Waals surface area contributed by atoms with Gasteiger partial charge in [0.05, 0.1) is 27.0 Å². The minimum Gasteiger partial charge on any atom is -0.334 e. The van der Waals surface area contributed by atoms with Gasteiger partial charge in [0.15, 0.2) is 0 Å². The molecule has 0 spiro atoms. The van der Waals surface area contributed by atoms with Crippen molar-refractivity contribution in [2.45, 2.75) is 0 Å². The van der Waals surface area contributed by atoms with Crippen LogP contribution in [0.1, 0.15) is 0 Å². The Bertz CT molecular complexity index is 1320. The maximum Gasteiger partial charge on any atom is 0.353 e. The van der Waals surface area contributed by atoms with Gasteiger partial charge in [0.25, 0.3) is 0 Å². The van der Waals surface area contributed by atoms with Gasteiger partial charge in [-0.15, -0.1) is 0 Å². The van der Waals surface area contributed by atoms with Gasteiger partial charge in [0.2, 0.25) is 11.6 Å². The quantitative estimate of drug-likeness (QED) is 0.160. The van der Waals surface area contributed by atoms with Crippen LogP contribution < -0.4 is 10.6 Å². The fraction of sp³-hybridized carbons (Fsp3) is 0. The van der Waals surface area contributed by atoms with Crippen molar-refractivity contribution >= 4 is 63.3 Å². The molecule has 3 aromatic carbocycles. The number of nitrogens with zero attached hydrogens (tertiary/aromatic N) is 5. The molecule has 0 radical (unpaired) electrons. The highest BCUT2D eigenvalue weighted by atomic mass is 35.5. The average molecular weight is 480 g/mol. The van der Waals surface area contributed by atoms with E-state index in [1.807, 2.05) is 30.3 Å². The Labute approximate surface area is 198 Å². The molecule has 0 atom stereocenters. The Morgan fingerprint density at radius 2 is 1.45 bits per heavy atom. The lowest BCUT2D eigenvalue weighted by molar-refractivity contribution is -0.383. The van der Waals surface area contributed by atoms with Crippen LogP contribution in [0.2, 0.25) is 10.0 Å². The second-order valence-corrected chi connectivity index (χ2v) is 7.48. The van der Waals surface area contributed by atoms with E-state index in [4.69, 9.17) is 23.2 Å². The molecule has 4 aromatic rings. The Morgan fingerprint density at radius 1 is 0.818 bits per heavy atom. The minimum absolute atomic E-state index is 0.00862. The summed E-state index contributed by atoms with van der Waals surface area (Å²) in [4.78, 5) is 19.3. The number of hydrogen-bond acceptors (Lipinski definition) is 8. The summed E-state index contributed by atoms with van der Waals surface area (Å²) in [6.45, 7) is 0. The highest BCUT2D eigenvalue weighted by Crippen LogP contribution is 2.35. The summed E-state index contributed by atoms with van der Waals surface area (Å²) in [6.07, 6.45) is 1.21. The summed E-state index contributed by atoms with van der Waals surface area (Å²) in [6, 6.07) is 21.0. The fourth-order valence-corrected chi connectivity index (χ4v) is 3.15. The third-order valence-electron chi connectivity index (χ3n) is 4.35. The lowest BCUT2D eigenvalue weighted by Crippen LogP contribution is -2.05. The summed E-state index contributed by atoms with van der Waals surface area (Å²) in [7, 11) is 0. The van der Waals surface area contributed by atoms with Crippen LogP contribution in [-0.2, 0) is 0 Å². The van der Waals surface area contributed by atoms with Gasteiger partial charge in [0, 0.05) is 10.7 Å². The first kappa shape index (κ1) is 22.1. The van der Waals surface area contributed by atoms with E-state index in [0.717, 1.165) is 5.69 Å². The SMILES string of the molecule is O=[N+]([O-])c1c(Nc2ccc(N=Nc3ccccc3)cc2)ncnc1Nc1cc(Cl)ccc1Cl. The van der Waals surface area contributed by atoms with Crippen molar-refractivity contribution in [3.8, 4) is 0 Å². The number of rotatable bonds is 7. The largest absolute Gasteiger partial charge is 0.353 e. The van der Waals surface area contributed by atoms with Gasteiger partial charge >= 0.3 is 5.69 Å². The lowest BCUT2D eigenvalue weighted by Gasteiger charge is -2.11. The predicted octanol–water partition coefficient (Wildman–Crippen LogP) is 7.59. The molecule has 164 valence electrons. The lowest BCUT2D eigenvalue weighted by atomic mass is 10.2. The van der Waals surface area contributed by atoms with Crippen molar-refractivity contribution < 1.29 is 4.92 Å². The molecule has 0 aliphatic heterocycles. The molecule has 2 N–H and O–H groups in total. The zero-order valence-electron chi connectivity index (χ0n) is 16.8. The number of aromatic nitrogens is 2. The monoisotopic (exact) mass is 479 g/mol. The second kappa shape index (κ2) is 10.0. The first-order valence-electron chi connectivity index (χ1n) is 9.55. The third kappa shape index (κ3) is 5.59. The molecule has 0 fully saturated rings. The topological polar surface area (TPSA) is 118 Å². The van der Waals surface area contributed by atoms with E-state index in [0.29, 0.717) is 27.1 Å². The molecule has 0 aliphatic rings. The maximum atomic E-state index is 11.8. The Morgan fingerprint density at radius 3 is 2.12 bits per heavy atom. The molecule has 33 heavy (non-hydrogen) atoms. The van der Waals surface area contributed by atoms with Gasteiger partial charge in [-0.3, -0.25) is 10.1 Å². The molecule has 0 saturated carbocycles. The molecule has 0 aliphatic carbocycles. The average Bonchev–Trinajstić information content (AvgIpc) is 2.81. The number of halogens is 2. The van der Waals surface area contributed by atoms with Crippen LogP contribution >= 0.6 is 23.2 Å². The zero-order valence-corrected chi connectivity index (χ0v) is 18.3. The van der Waals surface area contributed by atoms with Crippen molar-refractivity contribution in [1.29, 1.82) is 0 Å². The summed E-state index contributed by atoms with van der Waals surface area (Å²) in [5.41, 5.74) is 1.96. The fourth-order valence-electron chi connectivity index (χ4n) is 2.81. The van der Waals surface area contributed by atoms with Crippen molar-refractivity contribution in [2.24, 2.45) is 10.2 Å². The summed E-state index contributed by atoms with van der Waals surface area (Å²) < 4.78 is 0. The Kier molecular flexibility index (Phi) is 6.72. The number of anilines is 4. The summed E-state index contributed by atoms with van der Waals surface area (Å²) >= 11 is 12.2. The van der Waals surface area contributed by atoms with Crippen LogP contribution in [0.3, 0.4) is 0 Å². The second-order valence-electron chi connectivity index (χ2n) is 6.63. The van der Waals surface area contributed by atoms with Crippen LogP contribution in [0.25, 0.3) is 0 Å². The van der Waals surface area contributed by atoms with E-state index in [1.54, 1.807) is 42.5 Å². The standard InChI is InChI=1S/C22H15Cl2N7O2/c23-14-6-11-18(24)19(12-14)28-22-20(31(32)33)21(25-13-26-22)27-15-7-9-17(10-8-15)30-29-16-4-2-1-3-5-16/h1-13H,(H2,25,26,27,28). The molecule has 1 aromatic heterocycles. The maximum absolute atomic E-state index is 11.8.